The Balaban J connectivity index is 1.69. The van der Waals surface area contributed by atoms with Crippen molar-refractivity contribution in [2.45, 2.75) is 31.2 Å². The third-order valence-corrected chi connectivity index (χ3v) is 9.01. The van der Waals surface area contributed by atoms with Crippen LogP contribution in [0.3, 0.4) is 0 Å². The second-order valence-electron chi connectivity index (χ2n) is 8.29. The van der Waals surface area contributed by atoms with E-state index in [0.29, 0.717) is 41.2 Å². The van der Waals surface area contributed by atoms with Crippen molar-refractivity contribution in [2.75, 3.05) is 27.3 Å². The maximum atomic E-state index is 13.3. The summed E-state index contributed by atoms with van der Waals surface area (Å²) in [5.41, 5.74) is 1.68. The summed E-state index contributed by atoms with van der Waals surface area (Å²) in [5, 5.41) is 0. The number of sulfonamides is 1. The molecule has 2 heterocycles. The van der Waals surface area contributed by atoms with Crippen LogP contribution in [0.1, 0.15) is 18.4 Å². The molecule has 3 aromatic rings. The van der Waals surface area contributed by atoms with E-state index in [-0.39, 0.29) is 23.9 Å². The number of aromatic nitrogens is 1. The zero-order valence-electron chi connectivity index (χ0n) is 19.9. The molecular formula is C25H27N3O5S2. The molecule has 1 aliphatic rings. The van der Waals surface area contributed by atoms with Crippen LogP contribution in [0, 0.1) is 25.2 Å². The second kappa shape index (κ2) is 10.2. The highest BCUT2D eigenvalue weighted by Gasteiger charge is 2.33. The van der Waals surface area contributed by atoms with Gasteiger partial charge in [-0.3, -0.25) is 4.79 Å². The summed E-state index contributed by atoms with van der Waals surface area (Å²) in [6.45, 7) is 2.55. The first-order chi connectivity index (χ1) is 16.8. The fraction of sp³-hybridized carbons (Fsp3) is 0.360. The minimum Gasteiger partial charge on any atom is -0.495 e. The second-order valence-corrected chi connectivity index (χ2v) is 11.2. The Kier molecular flexibility index (Phi) is 7.31. The topological polar surface area (TPSA) is 90.2 Å². The lowest BCUT2D eigenvalue weighted by molar-refractivity contribution is -0.122. The molecule has 1 fully saturated rings. The number of nitrogens with zero attached hydrogens (tertiary/aromatic N) is 3. The number of carbonyl (C=O) groups is 1. The van der Waals surface area contributed by atoms with E-state index in [1.54, 1.807) is 55.2 Å². The van der Waals surface area contributed by atoms with Gasteiger partial charge in [-0.1, -0.05) is 35.0 Å². The van der Waals surface area contributed by atoms with Crippen LogP contribution in [-0.4, -0.2) is 50.5 Å². The van der Waals surface area contributed by atoms with Gasteiger partial charge < -0.3 is 14.0 Å². The first kappa shape index (κ1) is 25.0. The number of ether oxygens (including phenoxy) is 2. The molecule has 8 nitrogen and oxygen atoms in total. The molecule has 1 amide bonds. The number of thiazole rings is 1. The highest BCUT2D eigenvalue weighted by molar-refractivity contribution is 7.89. The Morgan fingerprint density at radius 2 is 1.86 bits per heavy atom. The lowest BCUT2D eigenvalue weighted by Gasteiger charge is -2.30. The summed E-state index contributed by atoms with van der Waals surface area (Å²) in [5.74, 6) is 2.91. The summed E-state index contributed by atoms with van der Waals surface area (Å²) >= 11 is 1.28. The summed E-state index contributed by atoms with van der Waals surface area (Å²) in [6, 6.07) is 10.3. The van der Waals surface area contributed by atoms with Crippen LogP contribution < -0.4 is 14.3 Å². The number of hydrogen-bond acceptors (Lipinski definition) is 6. The Labute approximate surface area is 208 Å². The van der Waals surface area contributed by atoms with E-state index in [0.717, 1.165) is 10.3 Å². The van der Waals surface area contributed by atoms with E-state index in [2.05, 4.69) is 10.9 Å². The zero-order chi connectivity index (χ0) is 25.2. The fourth-order valence-electron chi connectivity index (χ4n) is 4.18. The number of carbonyl (C=O) groups excluding carboxylic acids is 1. The Hall–Kier alpha value is -3.13. The minimum atomic E-state index is -3.70. The van der Waals surface area contributed by atoms with Gasteiger partial charge in [0.1, 0.15) is 21.7 Å². The molecule has 1 saturated heterocycles. The first-order valence-corrected chi connectivity index (χ1v) is 13.4. The van der Waals surface area contributed by atoms with Crippen molar-refractivity contribution in [2.24, 2.45) is 10.9 Å². The van der Waals surface area contributed by atoms with Crippen molar-refractivity contribution >= 4 is 37.5 Å². The van der Waals surface area contributed by atoms with Crippen LogP contribution in [0.4, 0.5) is 0 Å². The van der Waals surface area contributed by atoms with Crippen LogP contribution in [0.5, 0.6) is 11.5 Å². The minimum absolute atomic E-state index is 0.0885. The SMILES string of the molecule is C#CCn1c(=NC(=O)C2CCCN(S(=O)(=O)c3ccc(C)cc3)C2)sc2c(OC)ccc(OC)c21. The molecule has 1 aliphatic heterocycles. The van der Waals surface area contributed by atoms with Crippen LogP contribution in [0.15, 0.2) is 46.3 Å². The summed E-state index contributed by atoms with van der Waals surface area (Å²) in [4.78, 5) is 18.3. The van der Waals surface area contributed by atoms with Gasteiger partial charge in [0.15, 0.2) is 4.80 Å². The molecule has 184 valence electrons. The number of hydrogen-bond donors (Lipinski definition) is 0. The predicted octanol–water partition coefficient (Wildman–Crippen LogP) is 3.19. The van der Waals surface area contributed by atoms with Crippen molar-refractivity contribution in [3.05, 3.63) is 46.8 Å². The molecule has 1 aromatic heterocycles. The van der Waals surface area contributed by atoms with Crippen LogP contribution in [0.25, 0.3) is 10.2 Å². The number of aryl methyl sites for hydroxylation is 1. The van der Waals surface area contributed by atoms with Crippen LogP contribution in [-0.2, 0) is 21.4 Å². The van der Waals surface area contributed by atoms with E-state index in [1.807, 2.05) is 6.92 Å². The Bertz CT molecular complexity index is 1460. The first-order valence-electron chi connectivity index (χ1n) is 11.1. The molecule has 4 rings (SSSR count). The third kappa shape index (κ3) is 4.85. The van der Waals surface area contributed by atoms with Gasteiger partial charge in [-0.15, -0.1) is 6.42 Å². The van der Waals surface area contributed by atoms with Crippen molar-refractivity contribution in [3.63, 3.8) is 0 Å². The smallest absolute Gasteiger partial charge is 0.252 e. The number of fused-ring (bicyclic) bond motifs is 1. The molecule has 1 atom stereocenters. The molecule has 0 aliphatic carbocycles. The van der Waals surface area contributed by atoms with Crippen molar-refractivity contribution in [3.8, 4) is 23.8 Å². The van der Waals surface area contributed by atoms with Gasteiger partial charge in [-0.05, 0) is 44.0 Å². The zero-order valence-corrected chi connectivity index (χ0v) is 21.5. The van der Waals surface area contributed by atoms with Gasteiger partial charge in [0.25, 0.3) is 5.91 Å². The molecule has 0 N–H and O–H groups in total. The lowest BCUT2D eigenvalue weighted by Crippen LogP contribution is -2.42. The average Bonchev–Trinajstić information content (AvgIpc) is 3.22. The van der Waals surface area contributed by atoms with Crippen molar-refractivity contribution in [1.82, 2.24) is 8.87 Å². The van der Waals surface area contributed by atoms with Crippen molar-refractivity contribution in [1.29, 1.82) is 0 Å². The highest BCUT2D eigenvalue weighted by Crippen LogP contribution is 2.35. The van der Waals surface area contributed by atoms with Gasteiger partial charge in [0.2, 0.25) is 10.0 Å². The van der Waals surface area contributed by atoms with E-state index < -0.39 is 15.9 Å². The number of rotatable bonds is 6. The predicted molar refractivity (Wildman–Crippen MR) is 135 cm³/mol. The number of methoxy groups -OCH3 is 2. The third-order valence-electron chi connectivity index (χ3n) is 6.04. The lowest BCUT2D eigenvalue weighted by atomic mass is 9.99. The fourth-order valence-corrected chi connectivity index (χ4v) is 6.85. The van der Waals surface area contributed by atoms with Crippen molar-refractivity contribution < 1.29 is 22.7 Å². The Morgan fingerprint density at radius 3 is 2.51 bits per heavy atom. The quantitative estimate of drug-likeness (QED) is 0.472. The summed E-state index contributed by atoms with van der Waals surface area (Å²) in [6.07, 6.45) is 6.75. The van der Waals surface area contributed by atoms with E-state index in [1.165, 1.54) is 15.6 Å². The molecule has 10 heteroatoms. The van der Waals surface area contributed by atoms with Gasteiger partial charge in [0, 0.05) is 13.1 Å². The van der Waals surface area contributed by atoms with Crippen LogP contribution in [0.2, 0.25) is 0 Å². The number of piperidine rings is 1. The summed E-state index contributed by atoms with van der Waals surface area (Å²) < 4.78 is 41.2. The van der Waals surface area contributed by atoms with Gasteiger partial charge in [-0.2, -0.15) is 9.30 Å². The molecule has 2 aromatic carbocycles. The Morgan fingerprint density at radius 1 is 1.17 bits per heavy atom. The van der Waals surface area contributed by atoms with Gasteiger partial charge >= 0.3 is 0 Å². The largest absolute Gasteiger partial charge is 0.495 e. The number of amides is 1. The maximum Gasteiger partial charge on any atom is 0.252 e. The molecule has 0 saturated carbocycles. The van der Waals surface area contributed by atoms with Crippen LogP contribution >= 0.6 is 11.3 Å². The standard InChI is InChI=1S/C25H27N3O5S2/c1-5-14-28-22-20(32-3)12-13-21(33-4)23(22)34-25(28)26-24(29)18-7-6-15-27(16-18)35(30,31)19-10-8-17(2)9-11-19/h1,8-13,18H,6-7,14-16H2,2-4H3. The number of benzene rings is 2. The van der Waals surface area contributed by atoms with Gasteiger partial charge in [-0.25, -0.2) is 8.42 Å². The van der Waals surface area contributed by atoms with E-state index >= 15 is 0 Å². The maximum absolute atomic E-state index is 13.3. The molecule has 0 radical (unpaired) electrons. The monoisotopic (exact) mass is 513 g/mol. The number of terminal acetylenes is 1. The summed E-state index contributed by atoms with van der Waals surface area (Å²) in [7, 11) is -0.565. The molecule has 35 heavy (non-hydrogen) atoms. The molecular weight excluding hydrogens is 486 g/mol. The normalized spacial score (nSPS) is 17.3. The van der Waals surface area contributed by atoms with Gasteiger partial charge in [0.05, 0.1) is 31.6 Å². The molecule has 0 spiro atoms. The highest BCUT2D eigenvalue weighted by atomic mass is 32.2. The van der Waals surface area contributed by atoms with E-state index in [4.69, 9.17) is 15.9 Å². The molecule has 1 unspecified atom stereocenters. The average molecular weight is 514 g/mol. The molecule has 0 bridgehead atoms. The van der Waals surface area contributed by atoms with E-state index in [9.17, 15) is 13.2 Å².